The van der Waals surface area contributed by atoms with Gasteiger partial charge in [0.1, 0.15) is 0 Å². The van der Waals surface area contributed by atoms with Crippen molar-refractivity contribution in [2.75, 3.05) is 0 Å². The van der Waals surface area contributed by atoms with Crippen molar-refractivity contribution in [2.45, 2.75) is 6.92 Å². The summed E-state index contributed by atoms with van der Waals surface area (Å²) in [4.78, 5) is 0. The van der Waals surface area contributed by atoms with Crippen LogP contribution in [0.3, 0.4) is 0 Å². The van der Waals surface area contributed by atoms with Crippen LogP contribution >= 0.6 is 0 Å². The Morgan fingerprint density at radius 3 is 2.44 bits per heavy atom. The monoisotopic (exact) mass is 152 g/mol. The van der Waals surface area contributed by atoms with Gasteiger partial charge in [-0.2, -0.15) is 0 Å². The fourth-order valence-electron chi connectivity index (χ4n) is 0.749. The molecule has 0 aliphatic rings. The number of benzene rings is 1. The Morgan fingerprint density at radius 1 is 1.33 bits per heavy atom. The van der Waals surface area contributed by atoms with Gasteiger partial charge in [0.15, 0.2) is 0 Å². The predicted molar refractivity (Wildman–Crippen MR) is 36.3 cm³/mol. The average molecular weight is 152 g/mol. The summed E-state index contributed by atoms with van der Waals surface area (Å²) in [6.07, 6.45) is 0. The van der Waals surface area contributed by atoms with E-state index < -0.39 is 0 Å². The molecule has 0 aromatic heterocycles. The maximum atomic E-state index is 2.12. The van der Waals surface area contributed by atoms with Crippen molar-refractivity contribution in [2.24, 2.45) is 0 Å². The van der Waals surface area contributed by atoms with Crippen molar-refractivity contribution in [1.29, 1.82) is 0 Å². The third-order valence-electron chi connectivity index (χ3n) is 1.34. The van der Waals surface area contributed by atoms with E-state index in [0.29, 0.717) is 0 Å². The molecule has 0 N–H and O–H groups in total. The van der Waals surface area contributed by atoms with Crippen LogP contribution < -0.4 is 0 Å². The van der Waals surface area contributed by atoms with Gasteiger partial charge in [-0.05, 0) is 0 Å². The Hall–Kier alpha value is -0.196. The first-order valence-electron chi connectivity index (χ1n) is 2.90. The third-order valence-corrected chi connectivity index (χ3v) is 1.83. The number of hydrogen-bond acceptors (Lipinski definition) is 0. The summed E-state index contributed by atoms with van der Waals surface area (Å²) >= 11 is 2.06. The zero-order chi connectivity index (χ0) is 6.69. The predicted octanol–water partition coefficient (Wildman–Crippen LogP) is 1.69. The van der Waals surface area contributed by atoms with Gasteiger partial charge in [-0.1, -0.05) is 0 Å². The molecule has 0 spiro atoms. The van der Waals surface area contributed by atoms with Crippen LogP contribution in [0, 0.1) is 6.92 Å². The summed E-state index contributed by atoms with van der Waals surface area (Å²) in [6.45, 7) is 2.12. The third kappa shape index (κ3) is 1.60. The van der Waals surface area contributed by atoms with Crippen molar-refractivity contribution in [1.82, 2.24) is 0 Å². The Kier molecular flexibility index (Phi) is 2.38. The summed E-state index contributed by atoms with van der Waals surface area (Å²) < 4.78 is 2.12. The molecule has 9 heavy (non-hydrogen) atoms. The number of rotatable bonds is 1. The quantitative estimate of drug-likeness (QED) is 0.537. The molecule has 0 unspecified atom stereocenters. The van der Waals surface area contributed by atoms with Crippen molar-refractivity contribution in [3.63, 3.8) is 0 Å². The van der Waals surface area contributed by atoms with E-state index in [1.54, 1.807) is 0 Å². The van der Waals surface area contributed by atoms with Gasteiger partial charge in [0.25, 0.3) is 0 Å². The van der Waals surface area contributed by atoms with Gasteiger partial charge in [-0.3, -0.25) is 0 Å². The first-order valence-corrected chi connectivity index (χ1v) is 3.81. The van der Waals surface area contributed by atoms with Gasteiger partial charge in [0, 0.05) is 0 Å². The molecule has 0 nitrogen and oxygen atoms in total. The van der Waals surface area contributed by atoms with Crippen molar-refractivity contribution in [3.8, 4) is 0 Å². The minimum atomic E-state index is 1.33. The van der Waals surface area contributed by atoms with E-state index in [-0.39, 0.29) is 0 Å². The molecule has 0 bridgehead atoms. The van der Waals surface area contributed by atoms with Crippen LogP contribution in [0.4, 0.5) is 0 Å². The molecule has 0 fully saturated rings. The molecule has 42 valence electrons. The first-order chi connectivity index (χ1) is 4.34. The molecule has 0 saturated carbocycles. The van der Waals surface area contributed by atoms with Crippen molar-refractivity contribution < 1.29 is 20.0 Å². The SMILES string of the molecule is Cc1ccccc1[CH]=[Ti+2]. The molecule has 1 heteroatoms. The zero-order valence-electron chi connectivity index (χ0n) is 5.39. The molecule has 0 saturated heterocycles. The second-order valence-electron chi connectivity index (χ2n) is 2.00. The van der Waals surface area contributed by atoms with Crippen LogP contribution in [-0.4, -0.2) is 4.31 Å². The molecule has 0 heterocycles. The minimum absolute atomic E-state index is 1.33. The summed E-state index contributed by atoms with van der Waals surface area (Å²) in [5.74, 6) is 0. The van der Waals surface area contributed by atoms with E-state index in [4.69, 9.17) is 0 Å². The molecule has 0 amide bonds. The average Bonchev–Trinajstić information content (AvgIpc) is 1.89. The summed E-state index contributed by atoms with van der Waals surface area (Å²) in [7, 11) is 0. The molecule has 0 aliphatic heterocycles. The van der Waals surface area contributed by atoms with Crippen molar-refractivity contribution in [3.05, 3.63) is 35.4 Å². The summed E-state index contributed by atoms with van der Waals surface area (Å²) in [5.41, 5.74) is 2.68. The molecule has 1 rings (SSSR count). The van der Waals surface area contributed by atoms with Gasteiger partial charge in [-0.15, -0.1) is 0 Å². The molecule has 0 aliphatic carbocycles. The molecule has 0 atom stereocenters. The Morgan fingerprint density at radius 2 is 2.00 bits per heavy atom. The van der Waals surface area contributed by atoms with E-state index in [1.165, 1.54) is 11.1 Å². The Labute approximate surface area is 66.8 Å². The van der Waals surface area contributed by atoms with Crippen molar-refractivity contribution >= 4 is 4.31 Å². The Bertz CT molecular complexity index is 216. The molecule has 1 aromatic rings. The molecular weight excluding hydrogens is 144 g/mol. The van der Waals surface area contributed by atoms with Crippen LogP contribution in [0.1, 0.15) is 11.1 Å². The van der Waals surface area contributed by atoms with Gasteiger partial charge >= 0.3 is 66.6 Å². The second-order valence-corrected chi connectivity index (χ2v) is 2.45. The van der Waals surface area contributed by atoms with Crippen LogP contribution in [0.2, 0.25) is 0 Å². The second kappa shape index (κ2) is 3.10. The van der Waals surface area contributed by atoms with Crippen LogP contribution in [0.15, 0.2) is 24.3 Å². The van der Waals surface area contributed by atoms with E-state index in [1.807, 2.05) is 0 Å². The normalized spacial score (nSPS) is 9.22. The van der Waals surface area contributed by atoms with Gasteiger partial charge in [0.05, 0.1) is 0 Å². The number of aryl methyl sites for hydroxylation is 1. The first kappa shape index (κ1) is 6.92. The standard InChI is InChI=1S/C8H8.Ti/c1-7-5-3-4-6-8(7)2;/h1,3-6H,2H3;/q;+2. The maximum absolute atomic E-state index is 2.12. The van der Waals surface area contributed by atoms with E-state index in [2.05, 4.69) is 55.5 Å². The van der Waals surface area contributed by atoms with E-state index in [0.717, 1.165) is 0 Å². The van der Waals surface area contributed by atoms with E-state index in [9.17, 15) is 0 Å². The topological polar surface area (TPSA) is 0 Å². The van der Waals surface area contributed by atoms with E-state index >= 15 is 0 Å². The number of hydrogen-bond donors (Lipinski definition) is 0. The zero-order valence-corrected chi connectivity index (χ0v) is 6.95. The van der Waals surface area contributed by atoms with Crippen LogP contribution in [-0.2, 0) is 20.0 Å². The van der Waals surface area contributed by atoms with Crippen LogP contribution in [0.25, 0.3) is 0 Å². The Balaban J connectivity index is 3.15. The summed E-state index contributed by atoms with van der Waals surface area (Å²) in [5, 5.41) is 0. The van der Waals surface area contributed by atoms with Gasteiger partial charge in [0.2, 0.25) is 0 Å². The molecule has 0 radical (unpaired) electrons. The van der Waals surface area contributed by atoms with Gasteiger partial charge < -0.3 is 0 Å². The molecule has 1 aromatic carbocycles. The van der Waals surface area contributed by atoms with Crippen LogP contribution in [0.5, 0.6) is 0 Å². The molecular formula is C8H8Ti+2. The fourth-order valence-corrected chi connectivity index (χ4v) is 1.25. The fraction of sp³-hybridized carbons (Fsp3) is 0.125. The van der Waals surface area contributed by atoms with Gasteiger partial charge in [-0.25, -0.2) is 0 Å². The summed E-state index contributed by atoms with van der Waals surface area (Å²) in [6, 6.07) is 8.36.